The zero-order valence-electron chi connectivity index (χ0n) is 16.2. The molecule has 4 saturated carbocycles. The first kappa shape index (κ1) is 18.9. The van der Waals surface area contributed by atoms with E-state index in [-0.39, 0.29) is 10.3 Å². The molecule has 4 aliphatic rings. The number of sulfonamides is 1. The topological polar surface area (TPSA) is 59.1 Å². The number of hydrogen-bond donors (Lipinski definition) is 1. The van der Waals surface area contributed by atoms with Crippen molar-refractivity contribution in [3.63, 3.8) is 0 Å². The number of nitrogens with one attached hydrogen (secondary N) is 1. The van der Waals surface area contributed by atoms with Crippen LogP contribution in [0.15, 0.2) is 22.4 Å². The van der Waals surface area contributed by atoms with Gasteiger partial charge in [0.05, 0.1) is 10.6 Å². The second-order valence-electron chi connectivity index (χ2n) is 9.21. The van der Waals surface area contributed by atoms with E-state index in [0.29, 0.717) is 15.7 Å². The fraction of sp³-hybridized carbons (Fsp3) is 0.571. The van der Waals surface area contributed by atoms with Crippen LogP contribution in [-0.4, -0.2) is 13.4 Å². The molecule has 4 aliphatic carbocycles. The molecule has 0 saturated heterocycles. The minimum absolute atomic E-state index is 0.182. The van der Waals surface area contributed by atoms with Crippen LogP contribution in [0.3, 0.4) is 0 Å². The summed E-state index contributed by atoms with van der Waals surface area (Å²) in [4.78, 5) is 5.05. The first-order valence-electron chi connectivity index (χ1n) is 10.00. The number of hydrogen-bond acceptors (Lipinski definition) is 4. The van der Waals surface area contributed by atoms with Crippen LogP contribution in [0.25, 0.3) is 0 Å². The maximum Gasteiger partial charge on any atom is 0.263 e. The van der Waals surface area contributed by atoms with E-state index in [9.17, 15) is 8.42 Å². The summed E-state index contributed by atoms with van der Waals surface area (Å²) in [6, 6.07) is 3.34. The van der Waals surface area contributed by atoms with E-state index in [1.807, 2.05) is 6.92 Å². The number of aryl methyl sites for hydroxylation is 2. The Balaban J connectivity index is 1.42. The fourth-order valence-corrected chi connectivity index (χ4v) is 8.82. The second-order valence-corrected chi connectivity index (χ2v) is 12.1. The zero-order chi connectivity index (χ0) is 19.7. The first-order valence-corrected chi connectivity index (χ1v) is 12.7. The molecule has 4 nitrogen and oxygen atoms in total. The molecule has 0 atom stereocenters. The number of benzene rings is 1. The molecular weight excluding hydrogens is 412 g/mol. The van der Waals surface area contributed by atoms with Crippen molar-refractivity contribution in [1.82, 2.24) is 4.98 Å². The van der Waals surface area contributed by atoms with E-state index in [1.165, 1.54) is 49.9 Å². The lowest BCUT2D eigenvalue weighted by Gasteiger charge is -2.56. The van der Waals surface area contributed by atoms with Crippen molar-refractivity contribution in [2.24, 2.45) is 17.8 Å². The Hall–Kier alpha value is -1.11. The quantitative estimate of drug-likeness (QED) is 0.670. The summed E-state index contributed by atoms with van der Waals surface area (Å²) in [6.45, 7) is 3.58. The summed E-state index contributed by atoms with van der Waals surface area (Å²) in [5.74, 6) is 2.52. The third kappa shape index (κ3) is 3.08. The van der Waals surface area contributed by atoms with E-state index in [0.717, 1.165) is 29.0 Å². The third-order valence-electron chi connectivity index (χ3n) is 7.05. The van der Waals surface area contributed by atoms with Gasteiger partial charge in [0, 0.05) is 15.8 Å². The SMILES string of the molecule is Cc1cc(S(=O)(=O)Nc2nc(C34CC5CC(CC(C5)C3)C4)cs2)c(C)cc1Cl. The Morgan fingerprint density at radius 2 is 1.68 bits per heavy atom. The maximum atomic E-state index is 13.0. The van der Waals surface area contributed by atoms with E-state index in [1.54, 1.807) is 19.1 Å². The molecule has 0 radical (unpaired) electrons. The minimum Gasteiger partial charge on any atom is -0.255 e. The van der Waals surface area contributed by atoms with E-state index in [2.05, 4.69) is 10.1 Å². The number of halogens is 1. The van der Waals surface area contributed by atoms with Crippen molar-refractivity contribution in [3.8, 4) is 0 Å². The molecule has 150 valence electrons. The van der Waals surface area contributed by atoms with Gasteiger partial charge in [0.25, 0.3) is 10.0 Å². The van der Waals surface area contributed by atoms with Gasteiger partial charge in [-0.05, 0) is 93.4 Å². The lowest BCUT2D eigenvalue weighted by atomic mass is 9.49. The molecule has 1 heterocycles. The van der Waals surface area contributed by atoms with Crippen molar-refractivity contribution in [2.75, 3.05) is 4.72 Å². The molecule has 2 aromatic rings. The molecule has 4 bridgehead atoms. The Bertz CT molecular complexity index is 1010. The average molecular weight is 437 g/mol. The van der Waals surface area contributed by atoms with E-state index >= 15 is 0 Å². The minimum atomic E-state index is -3.69. The Morgan fingerprint density at radius 1 is 1.07 bits per heavy atom. The monoisotopic (exact) mass is 436 g/mol. The highest BCUT2D eigenvalue weighted by atomic mass is 35.5. The van der Waals surface area contributed by atoms with Gasteiger partial charge >= 0.3 is 0 Å². The van der Waals surface area contributed by atoms with Gasteiger partial charge in [-0.25, -0.2) is 13.4 Å². The molecule has 1 aromatic heterocycles. The van der Waals surface area contributed by atoms with Crippen LogP contribution in [0.1, 0.15) is 55.3 Å². The van der Waals surface area contributed by atoms with Crippen molar-refractivity contribution >= 4 is 38.1 Å². The molecule has 0 spiro atoms. The van der Waals surface area contributed by atoms with Gasteiger partial charge in [-0.1, -0.05) is 11.6 Å². The number of anilines is 1. The standard InChI is InChI=1S/C21H25ClN2O2S2/c1-12-4-18(13(2)3-17(12)22)28(25,26)24-20-23-19(11-27-20)21-8-14-5-15(9-21)7-16(6-14)10-21/h3-4,11,14-16H,5-10H2,1-2H3,(H,23,24). The van der Waals surface area contributed by atoms with Crippen LogP contribution < -0.4 is 4.72 Å². The van der Waals surface area contributed by atoms with Crippen molar-refractivity contribution in [1.29, 1.82) is 0 Å². The normalized spacial score (nSPS) is 31.3. The number of rotatable bonds is 4. The molecule has 0 aliphatic heterocycles. The Labute approximate surface area is 175 Å². The van der Waals surface area contributed by atoms with Gasteiger partial charge in [-0.15, -0.1) is 11.3 Å². The van der Waals surface area contributed by atoms with Crippen LogP contribution in [0.5, 0.6) is 0 Å². The molecule has 0 amide bonds. The van der Waals surface area contributed by atoms with Gasteiger partial charge < -0.3 is 0 Å². The van der Waals surface area contributed by atoms with Crippen LogP contribution in [-0.2, 0) is 15.4 Å². The summed E-state index contributed by atoms with van der Waals surface area (Å²) < 4.78 is 28.6. The van der Waals surface area contributed by atoms with Crippen molar-refractivity contribution < 1.29 is 8.42 Å². The number of aromatic nitrogens is 1. The van der Waals surface area contributed by atoms with Crippen LogP contribution in [0.2, 0.25) is 5.02 Å². The van der Waals surface area contributed by atoms with Crippen molar-refractivity contribution in [3.05, 3.63) is 39.4 Å². The lowest BCUT2D eigenvalue weighted by Crippen LogP contribution is -2.48. The molecule has 4 fully saturated rings. The largest absolute Gasteiger partial charge is 0.263 e. The Kier molecular flexibility index (Phi) is 4.35. The smallest absolute Gasteiger partial charge is 0.255 e. The molecule has 1 N–H and O–H groups in total. The maximum absolute atomic E-state index is 13.0. The summed E-state index contributed by atoms with van der Waals surface area (Å²) in [5, 5.41) is 3.14. The highest BCUT2D eigenvalue weighted by Crippen LogP contribution is 2.60. The van der Waals surface area contributed by atoms with Gasteiger partial charge in [0.1, 0.15) is 0 Å². The fourth-order valence-electron chi connectivity index (χ4n) is 6.20. The second kappa shape index (κ2) is 6.44. The average Bonchev–Trinajstić information content (AvgIpc) is 3.05. The van der Waals surface area contributed by atoms with Crippen LogP contribution >= 0.6 is 22.9 Å². The highest BCUT2D eigenvalue weighted by Gasteiger charge is 2.52. The predicted molar refractivity (Wildman–Crippen MR) is 114 cm³/mol. The van der Waals surface area contributed by atoms with Gasteiger partial charge in [-0.2, -0.15) is 0 Å². The van der Waals surface area contributed by atoms with E-state index in [4.69, 9.17) is 16.6 Å². The first-order chi connectivity index (χ1) is 13.2. The van der Waals surface area contributed by atoms with Gasteiger partial charge in [-0.3, -0.25) is 4.72 Å². The molecule has 7 heteroatoms. The summed E-state index contributed by atoms with van der Waals surface area (Å²) in [7, 11) is -3.69. The zero-order valence-corrected chi connectivity index (χ0v) is 18.6. The van der Waals surface area contributed by atoms with Crippen LogP contribution in [0, 0.1) is 31.6 Å². The highest BCUT2D eigenvalue weighted by molar-refractivity contribution is 7.93. The van der Waals surface area contributed by atoms with E-state index < -0.39 is 10.0 Å². The lowest BCUT2D eigenvalue weighted by molar-refractivity contribution is -0.00688. The van der Waals surface area contributed by atoms with Crippen LogP contribution in [0.4, 0.5) is 5.13 Å². The summed E-state index contributed by atoms with van der Waals surface area (Å²) >= 11 is 7.53. The predicted octanol–water partition coefficient (Wildman–Crippen LogP) is 5.68. The number of thiazole rings is 1. The van der Waals surface area contributed by atoms with Gasteiger partial charge in [0.15, 0.2) is 5.13 Å². The molecule has 6 rings (SSSR count). The third-order valence-corrected chi connectivity index (χ3v) is 9.83. The summed E-state index contributed by atoms with van der Waals surface area (Å²) in [6.07, 6.45) is 7.84. The summed E-state index contributed by atoms with van der Waals surface area (Å²) in [5.41, 5.74) is 2.68. The molecule has 1 aromatic carbocycles. The molecule has 0 unspecified atom stereocenters. The Morgan fingerprint density at radius 3 is 2.29 bits per heavy atom. The van der Waals surface area contributed by atoms with Gasteiger partial charge in [0.2, 0.25) is 0 Å². The number of nitrogens with zero attached hydrogens (tertiary/aromatic N) is 1. The molecular formula is C21H25ClN2O2S2. The van der Waals surface area contributed by atoms with Crippen molar-refractivity contribution in [2.45, 2.75) is 62.7 Å². The molecule has 28 heavy (non-hydrogen) atoms.